The zero-order valence-electron chi connectivity index (χ0n) is 9.73. The van der Waals surface area contributed by atoms with Crippen molar-refractivity contribution in [2.75, 3.05) is 6.54 Å². The Labute approximate surface area is 101 Å². The molecule has 0 aromatic heterocycles. The van der Waals surface area contributed by atoms with Crippen LogP contribution in [0.1, 0.15) is 30.9 Å². The van der Waals surface area contributed by atoms with Gasteiger partial charge in [0.25, 0.3) is 0 Å². The molecule has 4 heteroatoms. The summed E-state index contributed by atoms with van der Waals surface area (Å²) in [6.07, 6.45) is 2.54. The Morgan fingerprint density at radius 1 is 1.41 bits per heavy atom. The van der Waals surface area contributed by atoms with E-state index in [2.05, 4.69) is 5.32 Å². The summed E-state index contributed by atoms with van der Waals surface area (Å²) in [5.41, 5.74) is 5.91. The Balaban J connectivity index is 1.87. The van der Waals surface area contributed by atoms with Crippen LogP contribution in [0.4, 0.5) is 0 Å². The molecule has 0 aliphatic heterocycles. The highest BCUT2D eigenvalue weighted by molar-refractivity contribution is 5.82. The molecule has 0 saturated heterocycles. The van der Waals surface area contributed by atoms with E-state index in [1.165, 1.54) is 0 Å². The Morgan fingerprint density at radius 2 is 2.06 bits per heavy atom. The van der Waals surface area contributed by atoms with Gasteiger partial charge < -0.3 is 16.2 Å². The number of nitrogens with two attached hydrogens (primary N) is 1. The largest absolute Gasteiger partial charge is 0.388 e. The third-order valence-electron chi connectivity index (χ3n) is 3.32. The number of nitrogens with one attached hydrogen (secondary N) is 1. The van der Waals surface area contributed by atoms with Gasteiger partial charge in [0.1, 0.15) is 6.04 Å². The standard InChI is InChI=1S/C13H18N2O2/c14-11(10-5-2-1-3-6-10)12(16)15-9-13(17)7-4-8-13/h1-3,5-6,11,17H,4,7-9,14H2,(H,15,16)/t11-/m1/s1. The van der Waals surface area contributed by atoms with Crippen LogP contribution in [-0.2, 0) is 4.79 Å². The van der Waals surface area contributed by atoms with Crippen molar-refractivity contribution >= 4 is 5.91 Å². The molecule has 1 aromatic carbocycles. The monoisotopic (exact) mass is 234 g/mol. The van der Waals surface area contributed by atoms with Crippen LogP contribution >= 0.6 is 0 Å². The molecule has 0 bridgehead atoms. The topological polar surface area (TPSA) is 75.4 Å². The third-order valence-corrected chi connectivity index (χ3v) is 3.32. The van der Waals surface area contributed by atoms with Crippen molar-refractivity contribution in [2.24, 2.45) is 5.73 Å². The first-order valence-corrected chi connectivity index (χ1v) is 5.91. The molecule has 1 saturated carbocycles. The van der Waals surface area contributed by atoms with E-state index in [1.54, 1.807) is 0 Å². The smallest absolute Gasteiger partial charge is 0.241 e. The summed E-state index contributed by atoms with van der Waals surface area (Å²) in [6.45, 7) is 0.298. The van der Waals surface area contributed by atoms with E-state index < -0.39 is 11.6 Å². The molecular formula is C13H18N2O2. The first kappa shape index (κ1) is 12.1. The molecule has 1 aliphatic carbocycles. The lowest BCUT2D eigenvalue weighted by Gasteiger charge is -2.36. The van der Waals surface area contributed by atoms with Gasteiger partial charge in [0, 0.05) is 6.54 Å². The second-order valence-electron chi connectivity index (χ2n) is 4.68. The first-order valence-electron chi connectivity index (χ1n) is 5.91. The molecule has 0 unspecified atom stereocenters. The van der Waals surface area contributed by atoms with E-state index in [4.69, 9.17) is 5.73 Å². The molecule has 0 heterocycles. The maximum absolute atomic E-state index is 11.8. The molecule has 17 heavy (non-hydrogen) atoms. The van der Waals surface area contributed by atoms with Crippen LogP contribution in [0.3, 0.4) is 0 Å². The number of rotatable bonds is 4. The van der Waals surface area contributed by atoms with Gasteiger partial charge in [0.15, 0.2) is 0 Å². The van der Waals surface area contributed by atoms with Gasteiger partial charge in [-0.3, -0.25) is 4.79 Å². The number of aliphatic hydroxyl groups is 1. The van der Waals surface area contributed by atoms with E-state index in [0.29, 0.717) is 6.54 Å². The maximum Gasteiger partial charge on any atom is 0.241 e. The minimum absolute atomic E-state index is 0.239. The van der Waals surface area contributed by atoms with E-state index in [-0.39, 0.29) is 5.91 Å². The summed E-state index contributed by atoms with van der Waals surface area (Å²) in [5, 5.41) is 12.6. The Morgan fingerprint density at radius 3 is 2.59 bits per heavy atom. The van der Waals surface area contributed by atoms with Crippen molar-refractivity contribution < 1.29 is 9.90 Å². The molecule has 1 aliphatic rings. The van der Waals surface area contributed by atoms with Crippen molar-refractivity contribution in [1.82, 2.24) is 5.32 Å². The van der Waals surface area contributed by atoms with Crippen LogP contribution in [0.5, 0.6) is 0 Å². The molecule has 92 valence electrons. The molecule has 1 atom stereocenters. The summed E-state index contributed by atoms with van der Waals surface area (Å²) in [7, 11) is 0. The second kappa shape index (κ2) is 4.85. The van der Waals surface area contributed by atoms with Crippen LogP contribution < -0.4 is 11.1 Å². The Hall–Kier alpha value is -1.39. The van der Waals surface area contributed by atoms with E-state index in [9.17, 15) is 9.90 Å². The number of amides is 1. The minimum Gasteiger partial charge on any atom is -0.388 e. The van der Waals surface area contributed by atoms with Crippen LogP contribution in [-0.4, -0.2) is 23.2 Å². The SMILES string of the molecule is N[C@@H](C(=O)NCC1(O)CCC1)c1ccccc1. The van der Waals surface area contributed by atoms with Crippen molar-refractivity contribution in [3.63, 3.8) is 0 Å². The molecule has 4 N–H and O–H groups in total. The van der Waals surface area contributed by atoms with E-state index in [1.807, 2.05) is 30.3 Å². The molecule has 1 fully saturated rings. The average molecular weight is 234 g/mol. The van der Waals surface area contributed by atoms with Crippen molar-refractivity contribution in [3.8, 4) is 0 Å². The minimum atomic E-state index is -0.702. The Kier molecular flexibility index (Phi) is 3.45. The Bertz CT molecular complexity index is 388. The summed E-state index contributed by atoms with van der Waals surface area (Å²) in [6, 6.07) is 8.56. The zero-order chi connectivity index (χ0) is 12.3. The lowest BCUT2D eigenvalue weighted by molar-refractivity contribution is -0.124. The highest BCUT2D eigenvalue weighted by Crippen LogP contribution is 2.30. The predicted octanol–water partition coefficient (Wildman–Crippen LogP) is 0.718. The van der Waals surface area contributed by atoms with Gasteiger partial charge >= 0.3 is 0 Å². The maximum atomic E-state index is 11.8. The van der Waals surface area contributed by atoms with Crippen LogP contribution in [0.15, 0.2) is 30.3 Å². The second-order valence-corrected chi connectivity index (χ2v) is 4.68. The summed E-state index contributed by atoms with van der Waals surface area (Å²) >= 11 is 0. The summed E-state index contributed by atoms with van der Waals surface area (Å²) in [5.74, 6) is -0.239. The quantitative estimate of drug-likeness (QED) is 0.718. The van der Waals surface area contributed by atoms with Gasteiger partial charge in [-0.1, -0.05) is 30.3 Å². The molecule has 0 spiro atoms. The van der Waals surface area contributed by atoms with Crippen molar-refractivity contribution in [3.05, 3.63) is 35.9 Å². The van der Waals surface area contributed by atoms with Gasteiger partial charge in [0.05, 0.1) is 5.60 Å². The lowest BCUT2D eigenvalue weighted by atomic mass is 9.80. The lowest BCUT2D eigenvalue weighted by Crippen LogP contribution is -2.49. The number of hydrogen-bond acceptors (Lipinski definition) is 3. The fourth-order valence-corrected chi connectivity index (χ4v) is 1.94. The van der Waals surface area contributed by atoms with Gasteiger partial charge in [-0.15, -0.1) is 0 Å². The molecule has 4 nitrogen and oxygen atoms in total. The molecule has 1 amide bonds. The number of hydrogen-bond donors (Lipinski definition) is 3. The van der Waals surface area contributed by atoms with Gasteiger partial charge in [-0.25, -0.2) is 0 Å². The summed E-state index contributed by atoms with van der Waals surface area (Å²) in [4.78, 5) is 11.8. The third kappa shape index (κ3) is 2.84. The number of benzene rings is 1. The molecule has 1 aromatic rings. The number of carbonyl (C=O) groups excluding carboxylic acids is 1. The van der Waals surface area contributed by atoms with Gasteiger partial charge in [-0.2, -0.15) is 0 Å². The fraction of sp³-hybridized carbons (Fsp3) is 0.462. The van der Waals surface area contributed by atoms with Crippen molar-refractivity contribution in [2.45, 2.75) is 30.9 Å². The average Bonchev–Trinajstić information content (AvgIpc) is 2.33. The van der Waals surface area contributed by atoms with Gasteiger partial charge in [0.2, 0.25) is 5.91 Å². The highest BCUT2D eigenvalue weighted by atomic mass is 16.3. The normalized spacial score (nSPS) is 19.2. The van der Waals surface area contributed by atoms with Gasteiger partial charge in [-0.05, 0) is 24.8 Å². The number of carbonyl (C=O) groups is 1. The zero-order valence-corrected chi connectivity index (χ0v) is 9.73. The fourth-order valence-electron chi connectivity index (χ4n) is 1.94. The van der Waals surface area contributed by atoms with Crippen LogP contribution in [0.25, 0.3) is 0 Å². The summed E-state index contributed by atoms with van der Waals surface area (Å²) < 4.78 is 0. The van der Waals surface area contributed by atoms with E-state index in [0.717, 1.165) is 24.8 Å². The van der Waals surface area contributed by atoms with Crippen molar-refractivity contribution in [1.29, 1.82) is 0 Å². The predicted molar refractivity (Wildman–Crippen MR) is 65.2 cm³/mol. The van der Waals surface area contributed by atoms with E-state index >= 15 is 0 Å². The first-order chi connectivity index (χ1) is 8.11. The molecule has 0 radical (unpaired) electrons. The molecular weight excluding hydrogens is 216 g/mol. The van der Waals surface area contributed by atoms with Crippen LogP contribution in [0, 0.1) is 0 Å². The van der Waals surface area contributed by atoms with Crippen LogP contribution in [0.2, 0.25) is 0 Å². The highest BCUT2D eigenvalue weighted by Gasteiger charge is 2.34. The molecule has 2 rings (SSSR count).